The van der Waals surface area contributed by atoms with Gasteiger partial charge in [-0.3, -0.25) is 4.79 Å². The topological polar surface area (TPSA) is 56.0 Å². The highest BCUT2D eigenvalue weighted by Crippen LogP contribution is 2.30. The van der Waals surface area contributed by atoms with E-state index in [2.05, 4.69) is 10.2 Å². The molecule has 4 nitrogen and oxygen atoms in total. The fraction of sp³-hybridized carbons (Fsp3) is 0.667. The van der Waals surface area contributed by atoms with Gasteiger partial charge >= 0.3 is 0 Å². The molecule has 2 rings (SSSR count). The van der Waals surface area contributed by atoms with Gasteiger partial charge in [-0.15, -0.1) is 10.2 Å². The maximum atomic E-state index is 11.5. The van der Waals surface area contributed by atoms with Crippen LogP contribution in [0, 0.1) is 6.92 Å². The molecule has 1 aromatic rings. The SMILES string of the molecule is Cc1nnc(SC2CCCCC2=O)o1. The summed E-state index contributed by atoms with van der Waals surface area (Å²) in [6, 6.07) is 0. The molecule has 0 aliphatic heterocycles. The maximum Gasteiger partial charge on any atom is 0.277 e. The van der Waals surface area contributed by atoms with Crippen molar-refractivity contribution in [1.82, 2.24) is 10.2 Å². The van der Waals surface area contributed by atoms with Crippen molar-refractivity contribution in [2.24, 2.45) is 0 Å². The molecule has 1 aromatic heterocycles. The zero-order valence-corrected chi connectivity index (χ0v) is 8.84. The van der Waals surface area contributed by atoms with Crippen molar-refractivity contribution in [2.75, 3.05) is 0 Å². The monoisotopic (exact) mass is 212 g/mol. The molecule has 1 heterocycles. The summed E-state index contributed by atoms with van der Waals surface area (Å²) in [6.45, 7) is 1.75. The van der Waals surface area contributed by atoms with Gasteiger partial charge in [0.1, 0.15) is 5.78 Å². The average molecular weight is 212 g/mol. The molecule has 0 saturated heterocycles. The van der Waals surface area contributed by atoms with E-state index in [0.29, 0.717) is 23.3 Å². The lowest BCUT2D eigenvalue weighted by Gasteiger charge is -2.17. The van der Waals surface area contributed by atoms with E-state index >= 15 is 0 Å². The van der Waals surface area contributed by atoms with E-state index in [9.17, 15) is 4.79 Å². The van der Waals surface area contributed by atoms with Crippen LogP contribution in [0.2, 0.25) is 0 Å². The lowest BCUT2D eigenvalue weighted by atomic mass is 9.99. The number of rotatable bonds is 2. The second kappa shape index (κ2) is 4.13. The van der Waals surface area contributed by atoms with Gasteiger partial charge in [-0.2, -0.15) is 0 Å². The van der Waals surface area contributed by atoms with E-state index in [1.54, 1.807) is 6.92 Å². The van der Waals surface area contributed by atoms with Gasteiger partial charge < -0.3 is 4.42 Å². The molecule has 1 aliphatic carbocycles. The first-order valence-electron chi connectivity index (χ1n) is 4.75. The van der Waals surface area contributed by atoms with Crippen molar-refractivity contribution in [3.8, 4) is 0 Å². The first-order chi connectivity index (χ1) is 6.75. The molecule has 1 saturated carbocycles. The molecule has 76 valence electrons. The number of aryl methyl sites for hydroxylation is 1. The molecule has 1 aliphatic rings. The Hall–Kier alpha value is -0.840. The van der Waals surface area contributed by atoms with E-state index in [-0.39, 0.29) is 5.25 Å². The number of thioether (sulfide) groups is 1. The highest BCUT2D eigenvalue weighted by Gasteiger charge is 2.25. The average Bonchev–Trinajstić information content (AvgIpc) is 2.56. The number of hydrogen-bond donors (Lipinski definition) is 0. The lowest BCUT2D eigenvalue weighted by molar-refractivity contribution is -0.119. The molecular formula is C9H12N2O2S. The van der Waals surface area contributed by atoms with E-state index in [0.717, 1.165) is 19.3 Å². The Kier molecular flexibility index (Phi) is 2.86. The van der Waals surface area contributed by atoms with Gasteiger partial charge in [0.05, 0.1) is 5.25 Å². The summed E-state index contributed by atoms with van der Waals surface area (Å²) in [4.78, 5) is 11.5. The van der Waals surface area contributed by atoms with Gasteiger partial charge in [-0.1, -0.05) is 18.2 Å². The minimum atomic E-state index is 0.0311. The van der Waals surface area contributed by atoms with Crippen LogP contribution in [-0.2, 0) is 4.79 Å². The standard InChI is InChI=1S/C9H12N2O2S/c1-6-10-11-9(13-6)14-8-5-3-2-4-7(8)12/h8H,2-5H2,1H3. The third-order valence-corrected chi connectivity index (χ3v) is 3.40. The largest absolute Gasteiger partial charge is 0.416 e. The maximum absolute atomic E-state index is 11.5. The number of carbonyl (C=O) groups excluding carboxylic acids is 1. The number of carbonyl (C=O) groups is 1. The minimum absolute atomic E-state index is 0.0311. The first kappa shape index (κ1) is 9.71. The van der Waals surface area contributed by atoms with Crippen molar-refractivity contribution in [3.63, 3.8) is 0 Å². The molecule has 0 radical (unpaired) electrons. The third-order valence-electron chi connectivity index (χ3n) is 2.25. The quantitative estimate of drug-likeness (QED) is 0.750. The summed E-state index contributed by atoms with van der Waals surface area (Å²) in [7, 11) is 0. The third kappa shape index (κ3) is 2.15. The van der Waals surface area contributed by atoms with Crippen LogP contribution in [0.5, 0.6) is 0 Å². The van der Waals surface area contributed by atoms with E-state index in [1.165, 1.54) is 11.8 Å². The van der Waals surface area contributed by atoms with Crippen molar-refractivity contribution < 1.29 is 9.21 Å². The van der Waals surface area contributed by atoms with E-state index < -0.39 is 0 Å². The molecular weight excluding hydrogens is 200 g/mol. The van der Waals surface area contributed by atoms with Gasteiger partial charge in [-0.25, -0.2) is 0 Å². The summed E-state index contributed by atoms with van der Waals surface area (Å²) < 4.78 is 5.22. The van der Waals surface area contributed by atoms with Gasteiger partial charge in [0.2, 0.25) is 5.89 Å². The van der Waals surface area contributed by atoms with Crippen LogP contribution in [0.4, 0.5) is 0 Å². The predicted octanol–water partition coefficient (Wildman–Crippen LogP) is 1.98. The summed E-state index contributed by atoms with van der Waals surface area (Å²) in [5.74, 6) is 0.868. The Morgan fingerprint density at radius 1 is 1.43 bits per heavy atom. The lowest BCUT2D eigenvalue weighted by Crippen LogP contribution is -2.21. The summed E-state index contributed by atoms with van der Waals surface area (Å²) in [5.41, 5.74) is 0. The summed E-state index contributed by atoms with van der Waals surface area (Å²) in [6.07, 6.45) is 3.78. The number of nitrogens with zero attached hydrogens (tertiary/aromatic N) is 2. The Morgan fingerprint density at radius 3 is 2.93 bits per heavy atom. The second-order valence-electron chi connectivity index (χ2n) is 3.41. The normalized spacial score (nSPS) is 22.6. The molecule has 0 bridgehead atoms. The summed E-state index contributed by atoms with van der Waals surface area (Å²) >= 11 is 1.40. The molecule has 0 N–H and O–H groups in total. The van der Waals surface area contributed by atoms with Gasteiger partial charge in [0.15, 0.2) is 0 Å². The molecule has 1 unspecified atom stereocenters. The fourth-order valence-corrected chi connectivity index (χ4v) is 2.56. The van der Waals surface area contributed by atoms with Crippen molar-refractivity contribution in [2.45, 2.75) is 43.1 Å². The Labute approximate surface area is 86.5 Å². The van der Waals surface area contributed by atoms with Crippen LogP contribution in [0.25, 0.3) is 0 Å². The van der Waals surface area contributed by atoms with Crippen LogP contribution in [0.1, 0.15) is 31.6 Å². The van der Waals surface area contributed by atoms with Crippen molar-refractivity contribution in [1.29, 1.82) is 0 Å². The van der Waals surface area contributed by atoms with Crippen LogP contribution in [0.15, 0.2) is 9.64 Å². The number of hydrogen-bond acceptors (Lipinski definition) is 5. The highest BCUT2D eigenvalue weighted by atomic mass is 32.2. The molecule has 0 aromatic carbocycles. The summed E-state index contributed by atoms with van der Waals surface area (Å²) in [5, 5.41) is 8.14. The second-order valence-corrected chi connectivity index (χ2v) is 4.56. The van der Waals surface area contributed by atoms with Crippen LogP contribution in [-0.4, -0.2) is 21.2 Å². The van der Waals surface area contributed by atoms with Gasteiger partial charge in [0.25, 0.3) is 5.22 Å². The number of Topliss-reactive ketones (excluding diaryl/α,β-unsaturated/α-hetero) is 1. The van der Waals surface area contributed by atoms with Gasteiger partial charge in [-0.05, 0) is 12.8 Å². The van der Waals surface area contributed by atoms with Crippen LogP contribution >= 0.6 is 11.8 Å². The minimum Gasteiger partial charge on any atom is -0.416 e. The molecule has 1 atom stereocenters. The highest BCUT2D eigenvalue weighted by molar-refractivity contribution is 8.00. The van der Waals surface area contributed by atoms with Crippen LogP contribution < -0.4 is 0 Å². The molecule has 1 fully saturated rings. The fourth-order valence-electron chi connectivity index (χ4n) is 1.52. The molecule has 5 heteroatoms. The van der Waals surface area contributed by atoms with Crippen molar-refractivity contribution >= 4 is 17.5 Å². The Balaban J connectivity index is 1.99. The smallest absolute Gasteiger partial charge is 0.277 e. The Morgan fingerprint density at radius 2 is 2.29 bits per heavy atom. The molecule has 14 heavy (non-hydrogen) atoms. The van der Waals surface area contributed by atoms with E-state index in [4.69, 9.17) is 4.42 Å². The first-order valence-corrected chi connectivity index (χ1v) is 5.63. The molecule has 0 amide bonds. The zero-order chi connectivity index (χ0) is 9.97. The van der Waals surface area contributed by atoms with Crippen molar-refractivity contribution in [3.05, 3.63) is 5.89 Å². The van der Waals surface area contributed by atoms with Crippen LogP contribution in [0.3, 0.4) is 0 Å². The number of ketones is 1. The zero-order valence-electron chi connectivity index (χ0n) is 8.02. The van der Waals surface area contributed by atoms with E-state index in [1.807, 2.05) is 0 Å². The van der Waals surface area contributed by atoms with Gasteiger partial charge in [0, 0.05) is 13.3 Å². The molecule has 0 spiro atoms. The Bertz CT molecular complexity index is 337. The predicted molar refractivity (Wildman–Crippen MR) is 52.2 cm³/mol. The number of aromatic nitrogens is 2.